The quantitative estimate of drug-likeness (QED) is 0.897. The van der Waals surface area contributed by atoms with Crippen molar-refractivity contribution >= 4 is 27.5 Å². The Balaban J connectivity index is 1.67. The standard InChI is InChI=1S/C14H18BrClN2/c15-13-1-2-14(16)11(5-13)8-18-4-3-10-6-17-7-12(10)9-18/h1-2,5,10,12,17H,3-4,6-9H2. The van der Waals surface area contributed by atoms with Crippen molar-refractivity contribution in [1.82, 2.24) is 10.2 Å². The molecule has 98 valence electrons. The van der Waals surface area contributed by atoms with Crippen LogP contribution in [0, 0.1) is 11.8 Å². The largest absolute Gasteiger partial charge is 0.316 e. The number of halogens is 2. The molecule has 1 aromatic carbocycles. The highest BCUT2D eigenvalue weighted by molar-refractivity contribution is 9.10. The van der Waals surface area contributed by atoms with Crippen LogP contribution in [0.15, 0.2) is 22.7 Å². The Morgan fingerprint density at radius 1 is 1.33 bits per heavy atom. The molecule has 0 bridgehead atoms. The van der Waals surface area contributed by atoms with Gasteiger partial charge in [-0.2, -0.15) is 0 Å². The Kier molecular flexibility index (Phi) is 3.94. The van der Waals surface area contributed by atoms with Crippen LogP contribution < -0.4 is 5.32 Å². The number of hydrogen-bond donors (Lipinski definition) is 1. The fourth-order valence-electron chi connectivity index (χ4n) is 3.16. The van der Waals surface area contributed by atoms with E-state index >= 15 is 0 Å². The predicted octanol–water partition coefficient (Wildman–Crippen LogP) is 3.14. The number of fused-ring (bicyclic) bond motifs is 1. The monoisotopic (exact) mass is 328 g/mol. The summed E-state index contributed by atoms with van der Waals surface area (Å²) in [5.74, 6) is 1.74. The van der Waals surface area contributed by atoms with Gasteiger partial charge in [0.2, 0.25) is 0 Å². The predicted molar refractivity (Wildman–Crippen MR) is 78.9 cm³/mol. The van der Waals surface area contributed by atoms with Crippen LogP contribution in [0.25, 0.3) is 0 Å². The first-order chi connectivity index (χ1) is 8.72. The minimum Gasteiger partial charge on any atom is -0.316 e. The van der Waals surface area contributed by atoms with Crippen molar-refractivity contribution in [2.45, 2.75) is 13.0 Å². The van der Waals surface area contributed by atoms with Crippen LogP contribution >= 0.6 is 27.5 Å². The Bertz CT molecular complexity index is 438. The summed E-state index contributed by atoms with van der Waals surface area (Å²) in [6.45, 7) is 5.79. The molecule has 0 radical (unpaired) electrons. The number of benzene rings is 1. The molecule has 2 nitrogen and oxygen atoms in total. The van der Waals surface area contributed by atoms with Crippen molar-refractivity contribution in [2.75, 3.05) is 26.2 Å². The molecule has 2 saturated heterocycles. The molecule has 0 aromatic heterocycles. The van der Waals surface area contributed by atoms with E-state index in [0.717, 1.165) is 27.9 Å². The first kappa shape index (κ1) is 12.9. The van der Waals surface area contributed by atoms with Crippen LogP contribution in [0.5, 0.6) is 0 Å². The van der Waals surface area contributed by atoms with Gasteiger partial charge in [0, 0.05) is 22.6 Å². The van der Waals surface area contributed by atoms with Crippen molar-refractivity contribution in [2.24, 2.45) is 11.8 Å². The summed E-state index contributed by atoms with van der Waals surface area (Å²) in [5.41, 5.74) is 1.23. The van der Waals surface area contributed by atoms with Crippen molar-refractivity contribution in [3.05, 3.63) is 33.3 Å². The van der Waals surface area contributed by atoms with E-state index in [0.29, 0.717) is 0 Å². The molecular formula is C14H18BrClN2. The molecule has 2 atom stereocenters. The van der Waals surface area contributed by atoms with Crippen LogP contribution in [0.4, 0.5) is 0 Å². The molecule has 0 spiro atoms. The lowest BCUT2D eigenvalue weighted by atomic mass is 9.88. The normalized spacial score (nSPS) is 28.3. The van der Waals surface area contributed by atoms with Crippen LogP contribution in [-0.2, 0) is 6.54 Å². The Hall–Kier alpha value is -0.0900. The van der Waals surface area contributed by atoms with Gasteiger partial charge in [0.25, 0.3) is 0 Å². The number of nitrogens with one attached hydrogen (secondary N) is 1. The van der Waals surface area contributed by atoms with E-state index in [9.17, 15) is 0 Å². The molecule has 0 aliphatic carbocycles. The SMILES string of the molecule is Clc1ccc(Br)cc1CN1CCC2CNCC2C1. The molecule has 0 saturated carbocycles. The van der Waals surface area contributed by atoms with Gasteiger partial charge in [0.1, 0.15) is 0 Å². The number of piperidine rings is 1. The van der Waals surface area contributed by atoms with Crippen LogP contribution in [-0.4, -0.2) is 31.1 Å². The van der Waals surface area contributed by atoms with E-state index in [1.54, 1.807) is 0 Å². The maximum absolute atomic E-state index is 6.27. The maximum Gasteiger partial charge on any atom is 0.0451 e. The smallest absolute Gasteiger partial charge is 0.0451 e. The van der Waals surface area contributed by atoms with Gasteiger partial charge < -0.3 is 5.32 Å². The minimum atomic E-state index is 0.838. The molecule has 1 N–H and O–H groups in total. The summed E-state index contributed by atoms with van der Waals surface area (Å²) in [6.07, 6.45) is 1.32. The van der Waals surface area contributed by atoms with Gasteiger partial charge in [-0.1, -0.05) is 27.5 Å². The summed E-state index contributed by atoms with van der Waals surface area (Å²) in [5, 5.41) is 4.39. The molecule has 2 fully saturated rings. The van der Waals surface area contributed by atoms with E-state index in [1.807, 2.05) is 12.1 Å². The molecule has 2 heterocycles. The van der Waals surface area contributed by atoms with E-state index in [1.165, 1.54) is 38.2 Å². The highest BCUT2D eigenvalue weighted by Gasteiger charge is 2.32. The van der Waals surface area contributed by atoms with Crippen LogP contribution in [0.1, 0.15) is 12.0 Å². The van der Waals surface area contributed by atoms with E-state index in [2.05, 4.69) is 32.2 Å². The van der Waals surface area contributed by atoms with E-state index in [-0.39, 0.29) is 0 Å². The van der Waals surface area contributed by atoms with Crippen LogP contribution in [0.3, 0.4) is 0 Å². The Morgan fingerprint density at radius 2 is 2.17 bits per heavy atom. The van der Waals surface area contributed by atoms with Crippen molar-refractivity contribution < 1.29 is 0 Å². The lowest BCUT2D eigenvalue weighted by Crippen LogP contribution is -2.39. The Morgan fingerprint density at radius 3 is 3.06 bits per heavy atom. The van der Waals surface area contributed by atoms with Crippen molar-refractivity contribution in [3.8, 4) is 0 Å². The minimum absolute atomic E-state index is 0.838. The number of likely N-dealkylation sites (tertiary alicyclic amines) is 1. The van der Waals surface area contributed by atoms with Crippen molar-refractivity contribution in [1.29, 1.82) is 0 Å². The van der Waals surface area contributed by atoms with Gasteiger partial charge in [-0.3, -0.25) is 4.90 Å². The summed E-state index contributed by atoms with van der Waals surface area (Å²) < 4.78 is 1.11. The second-order valence-electron chi connectivity index (χ2n) is 5.44. The molecular weight excluding hydrogens is 312 g/mol. The van der Waals surface area contributed by atoms with Gasteiger partial charge in [-0.05, 0) is 61.7 Å². The molecule has 2 aliphatic heterocycles. The average molecular weight is 330 g/mol. The summed E-state index contributed by atoms with van der Waals surface area (Å²) in [4.78, 5) is 2.54. The summed E-state index contributed by atoms with van der Waals surface area (Å²) in [7, 11) is 0. The van der Waals surface area contributed by atoms with Gasteiger partial charge in [0.15, 0.2) is 0 Å². The van der Waals surface area contributed by atoms with Gasteiger partial charge in [-0.15, -0.1) is 0 Å². The summed E-state index contributed by atoms with van der Waals surface area (Å²) >= 11 is 9.79. The number of nitrogens with zero attached hydrogens (tertiary/aromatic N) is 1. The third-order valence-electron chi connectivity index (χ3n) is 4.19. The molecule has 1 aromatic rings. The zero-order valence-corrected chi connectivity index (χ0v) is 12.7. The van der Waals surface area contributed by atoms with Gasteiger partial charge in [-0.25, -0.2) is 0 Å². The molecule has 2 aliphatic rings. The molecule has 4 heteroatoms. The van der Waals surface area contributed by atoms with Crippen LogP contribution in [0.2, 0.25) is 5.02 Å². The second-order valence-corrected chi connectivity index (χ2v) is 6.76. The fourth-order valence-corrected chi connectivity index (χ4v) is 3.74. The van der Waals surface area contributed by atoms with Gasteiger partial charge >= 0.3 is 0 Å². The lowest BCUT2D eigenvalue weighted by Gasteiger charge is -2.34. The second kappa shape index (κ2) is 5.49. The third kappa shape index (κ3) is 2.74. The third-order valence-corrected chi connectivity index (χ3v) is 5.05. The molecule has 2 unspecified atom stereocenters. The highest BCUT2D eigenvalue weighted by Crippen LogP contribution is 2.29. The van der Waals surface area contributed by atoms with Crippen molar-refractivity contribution in [3.63, 3.8) is 0 Å². The van der Waals surface area contributed by atoms with E-state index < -0.39 is 0 Å². The first-order valence-corrected chi connectivity index (χ1v) is 7.76. The topological polar surface area (TPSA) is 15.3 Å². The molecule has 3 rings (SSSR count). The summed E-state index contributed by atoms with van der Waals surface area (Å²) in [6, 6.07) is 6.12. The van der Waals surface area contributed by atoms with E-state index in [4.69, 9.17) is 11.6 Å². The maximum atomic E-state index is 6.27. The lowest BCUT2D eigenvalue weighted by molar-refractivity contribution is 0.142. The molecule has 0 amide bonds. The number of hydrogen-bond acceptors (Lipinski definition) is 2. The zero-order chi connectivity index (χ0) is 12.5. The number of rotatable bonds is 2. The Labute approximate surface area is 122 Å². The molecule has 18 heavy (non-hydrogen) atoms. The van der Waals surface area contributed by atoms with Gasteiger partial charge in [0.05, 0.1) is 0 Å². The zero-order valence-electron chi connectivity index (χ0n) is 10.3. The highest BCUT2D eigenvalue weighted by atomic mass is 79.9. The first-order valence-electron chi connectivity index (χ1n) is 6.59. The average Bonchev–Trinajstić information content (AvgIpc) is 2.81. The fraction of sp³-hybridized carbons (Fsp3) is 0.571.